The number of alkyl halides is 3. The molecule has 1 aliphatic rings. The van der Waals surface area contributed by atoms with Crippen LogP contribution in [0.15, 0.2) is 66.0 Å². The number of hydrogen-bond donors (Lipinski definition) is 2. The summed E-state index contributed by atoms with van der Waals surface area (Å²) in [6, 6.07) is 13.3. The third-order valence-corrected chi connectivity index (χ3v) is 11.6. The topological polar surface area (TPSA) is 175 Å². The maximum absolute atomic E-state index is 13.7. The zero-order chi connectivity index (χ0) is 37.2. The molecule has 4 bridgehead atoms. The minimum atomic E-state index is -4.49. The van der Waals surface area contributed by atoms with Crippen molar-refractivity contribution in [1.82, 2.24) is 24.7 Å². The summed E-state index contributed by atoms with van der Waals surface area (Å²) in [4.78, 5) is 15.3. The minimum absolute atomic E-state index is 0.0142. The molecule has 51 heavy (non-hydrogen) atoms. The number of benzene rings is 1. The van der Waals surface area contributed by atoms with E-state index in [1.807, 2.05) is 24.3 Å². The van der Waals surface area contributed by atoms with Gasteiger partial charge in [-0.25, -0.2) is 33.2 Å². The van der Waals surface area contributed by atoms with Gasteiger partial charge in [-0.05, 0) is 64.7 Å². The van der Waals surface area contributed by atoms with Crippen molar-refractivity contribution in [2.45, 2.75) is 75.7 Å². The van der Waals surface area contributed by atoms with Crippen LogP contribution in [0.25, 0.3) is 17.1 Å². The molecule has 1 aliphatic heterocycles. The highest BCUT2D eigenvalue weighted by Crippen LogP contribution is 2.38. The second-order valence-electron chi connectivity index (χ2n) is 13.7. The van der Waals surface area contributed by atoms with Gasteiger partial charge in [0.2, 0.25) is 15.9 Å². The first-order chi connectivity index (χ1) is 23.8. The van der Waals surface area contributed by atoms with E-state index in [4.69, 9.17) is 9.88 Å². The van der Waals surface area contributed by atoms with Gasteiger partial charge in [-0.15, -0.1) is 5.10 Å². The standard InChI is InChI=1S/C33H41F3N8O5S2/c1-31(2,33(34,35)36)22-49-27-17-19-44(41-27)30-29-24-14-9-8-13-23(24)12-7-5-6-10-18-43(21-32(3,4)51(37,47)48)26-15-11-16-28(40-26)50(45,46)42-25(39-29)20-38-30/h8-9,11,13-17,19-20H,5-7,10,12,18,21-22H2,1-4H3,(H,39,42)(H2,37,47,48). The van der Waals surface area contributed by atoms with Crippen LogP contribution in [0.2, 0.25) is 0 Å². The number of nitrogens with zero attached hydrogens (tertiary/aromatic N) is 6. The Kier molecular flexibility index (Phi) is 10.7. The summed E-state index contributed by atoms with van der Waals surface area (Å²) >= 11 is 0. The maximum Gasteiger partial charge on any atom is 0.397 e. The van der Waals surface area contributed by atoms with E-state index in [0.29, 0.717) is 24.9 Å². The molecule has 0 spiro atoms. The molecule has 5 rings (SSSR count). The van der Waals surface area contributed by atoms with Crippen LogP contribution in [0.3, 0.4) is 0 Å². The first kappa shape index (κ1) is 38.0. The summed E-state index contributed by atoms with van der Waals surface area (Å²) in [5.74, 6) is 0.282. The molecule has 3 N–H and O–H groups in total. The molecule has 0 amide bonds. The van der Waals surface area contributed by atoms with E-state index in [1.165, 1.54) is 49.1 Å². The van der Waals surface area contributed by atoms with Gasteiger partial charge >= 0.3 is 6.18 Å². The Hall–Kier alpha value is -4.29. The molecule has 4 aromatic rings. The van der Waals surface area contributed by atoms with Gasteiger partial charge in [-0.3, -0.25) is 4.72 Å². The maximum atomic E-state index is 13.7. The summed E-state index contributed by atoms with van der Waals surface area (Å²) in [7, 11) is -8.29. The van der Waals surface area contributed by atoms with E-state index >= 15 is 0 Å². The molecule has 276 valence electrons. The fourth-order valence-electron chi connectivity index (χ4n) is 5.30. The van der Waals surface area contributed by atoms with Gasteiger partial charge < -0.3 is 9.64 Å². The number of fused-ring (bicyclic) bond motifs is 6. The summed E-state index contributed by atoms with van der Waals surface area (Å²) < 4.78 is 100. The number of anilines is 2. The average Bonchev–Trinajstić information content (AvgIpc) is 3.52. The van der Waals surface area contributed by atoms with E-state index < -0.39 is 43.0 Å². The monoisotopic (exact) mass is 750 g/mol. The average molecular weight is 751 g/mol. The lowest BCUT2D eigenvalue weighted by Gasteiger charge is -2.32. The molecule has 0 fully saturated rings. The number of halogens is 3. The predicted molar refractivity (Wildman–Crippen MR) is 187 cm³/mol. The second-order valence-corrected chi connectivity index (χ2v) is 17.5. The lowest BCUT2D eigenvalue weighted by molar-refractivity contribution is -0.219. The second kappa shape index (κ2) is 14.4. The van der Waals surface area contributed by atoms with Crippen molar-refractivity contribution < 1.29 is 34.7 Å². The SMILES string of the molecule is CC(C)(COc1ccn(-c2ncc3nc2-c2ccccc2CCCCCCN(CC(C)(C)S(N)(=O)=O)c2cccc(n2)S(=O)(=O)N3)n1)C(F)(F)F. The number of sulfonamides is 2. The Morgan fingerprint density at radius 3 is 2.41 bits per heavy atom. The Morgan fingerprint density at radius 2 is 1.69 bits per heavy atom. The molecule has 0 atom stereocenters. The summed E-state index contributed by atoms with van der Waals surface area (Å²) in [6.07, 6.45) is 1.97. The van der Waals surface area contributed by atoms with E-state index in [1.54, 1.807) is 11.0 Å². The van der Waals surface area contributed by atoms with Crippen molar-refractivity contribution in [2.75, 3.05) is 29.3 Å². The van der Waals surface area contributed by atoms with Crippen molar-refractivity contribution in [2.24, 2.45) is 10.6 Å². The fourth-order valence-corrected chi connectivity index (χ4v) is 6.59. The molecular formula is C33H41F3N8O5S2. The Balaban J connectivity index is 1.55. The van der Waals surface area contributed by atoms with E-state index in [-0.39, 0.29) is 40.6 Å². The highest BCUT2D eigenvalue weighted by atomic mass is 32.2. The van der Waals surface area contributed by atoms with E-state index in [0.717, 1.165) is 38.7 Å². The van der Waals surface area contributed by atoms with Crippen molar-refractivity contribution in [3.05, 3.63) is 66.5 Å². The number of aryl methyl sites for hydroxylation is 1. The van der Waals surface area contributed by atoms with Gasteiger partial charge in [0.15, 0.2) is 16.7 Å². The number of pyridine rings is 1. The number of primary sulfonamides is 1. The van der Waals surface area contributed by atoms with Crippen molar-refractivity contribution in [3.63, 3.8) is 0 Å². The number of hydrogen-bond acceptors (Lipinski definition) is 10. The molecule has 0 unspecified atom stereocenters. The summed E-state index contributed by atoms with van der Waals surface area (Å²) in [5.41, 5.74) is -0.262. The summed E-state index contributed by atoms with van der Waals surface area (Å²) in [5, 5.41) is 9.51. The van der Waals surface area contributed by atoms with Crippen LogP contribution < -0.4 is 19.5 Å². The minimum Gasteiger partial charge on any atom is -0.476 e. The van der Waals surface area contributed by atoms with Crippen molar-refractivity contribution >= 4 is 31.7 Å². The first-order valence-corrected chi connectivity index (χ1v) is 19.3. The highest BCUT2D eigenvalue weighted by molar-refractivity contribution is 7.92. The molecule has 13 nitrogen and oxygen atoms in total. The van der Waals surface area contributed by atoms with Crippen LogP contribution in [-0.4, -0.2) is 72.2 Å². The first-order valence-electron chi connectivity index (χ1n) is 16.3. The molecular weight excluding hydrogens is 710 g/mol. The van der Waals surface area contributed by atoms with Crippen molar-refractivity contribution in [1.29, 1.82) is 0 Å². The largest absolute Gasteiger partial charge is 0.476 e. The fraction of sp³-hybridized carbons (Fsp3) is 0.455. The van der Waals surface area contributed by atoms with Crippen LogP contribution >= 0.6 is 0 Å². The molecule has 0 saturated heterocycles. The molecule has 0 radical (unpaired) electrons. The van der Waals surface area contributed by atoms with Gasteiger partial charge in [-0.2, -0.15) is 21.6 Å². The van der Waals surface area contributed by atoms with Crippen molar-refractivity contribution in [3.8, 4) is 23.0 Å². The quantitative estimate of drug-likeness (QED) is 0.246. The Labute approximate surface area is 295 Å². The summed E-state index contributed by atoms with van der Waals surface area (Å²) in [6.45, 7) is 4.83. The molecule has 0 aliphatic carbocycles. The Bertz CT molecular complexity index is 2090. The van der Waals surface area contributed by atoms with Crippen LogP contribution in [0.4, 0.5) is 24.8 Å². The number of nitrogens with two attached hydrogens (primary N) is 1. The van der Waals surface area contributed by atoms with E-state index in [2.05, 4.69) is 24.8 Å². The van der Waals surface area contributed by atoms with E-state index in [9.17, 15) is 30.0 Å². The predicted octanol–water partition coefficient (Wildman–Crippen LogP) is 5.48. The number of nitrogens with one attached hydrogen (secondary N) is 1. The van der Waals surface area contributed by atoms with Crippen LogP contribution in [-0.2, 0) is 26.5 Å². The van der Waals surface area contributed by atoms with Gasteiger partial charge in [-0.1, -0.05) is 43.2 Å². The zero-order valence-corrected chi connectivity index (χ0v) is 30.3. The number of rotatable bonds is 7. The third-order valence-electron chi connectivity index (χ3n) is 8.67. The van der Waals surface area contributed by atoms with Crippen LogP contribution in [0.5, 0.6) is 5.88 Å². The third kappa shape index (κ3) is 8.78. The Morgan fingerprint density at radius 1 is 0.961 bits per heavy atom. The number of ether oxygens (including phenoxy) is 1. The van der Waals surface area contributed by atoms with Crippen LogP contribution in [0, 0.1) is 5.41 Å². The molecule has 3 aromatic heterocycles. The molecule has 0 saturated carbocycles. The molecule has 1 aromatic carbocycles. The van der Waals surface area contributed by atoms with Gasteiger partial charge in [0, 0.05) is 30.9 Å². The smallest absolute Gasteiger partial charge is 0.397 e. The van der Waals surface area contributed by atoms with Gasteiger partial charge in [0.05, 0.1) is 16.4 Å². The van der Waals surface area contributed by atoms with Gasteiger partial charge in [0.1, 0.15) is 18.1 Å². The molecule has 18 heteroatoms. The lowest BCUT2D eigenvalue weighted by Crippen LogP contribution is -2.48. The normalized spacial score (nSPS) is 16.1. The highest BCUT2D eigenvalue weighted by Gasteiger charge is 2.48. The number of aromatic nitrogens is 5. The zero-order valence-electron chi connectivity index (χ0n) is 28.7. The lowest BCUT2D eigenvalue weighted by atomic mass is 9.94. The molecule has 4 heterocycles. The van der Waals surface area contributed by atoms with Gasteiger partial charge in [0.25, 0.3) is 10.0 Å². The van der Waals surface area contributed by atoms with Crippen LogP contribution in [0.1, 0.15) is 58.9 Å².